The van der Waals surface area contributed by atoms with Crippen molar-refractivity contribution in [2.24, 2.45) is 7.05 Å². The van der Waals surface area contributed by atoms with Crippen LogP contribution in [-0.2, 0) is 18.4 Å². The van der Waals surface area contributed by atoms with E-state index < -0.39 is 0 Å². The molecule has 2 aromatic rings. The van der Waals surface area contributed by atoms with Crippen LogP contribution in [0.15, 0.2) is 17.6 Å². The number of halogens is 2. The Kier molecular flexibility index (Phi) is 4.50. The van der Waals surface area contributed by atoms with E-state index in [0.29, 0.717) is 11.6 Å². The summed E-state index contributed by atoms with van der Waals surface area (Å²) in [6, 6.07) is 1.85. The summed E-state index contributed by atoms with van der Waals surface area (Å²) in [6.07, 6.45) is 1.68. The molecule has 102 valence electrons. The summed E-state index contributed by atoms with van der Waals surface area (Å²) in [6.45, 7) is 2.37. The largest absolute Gasteiger partial charge is 0.303 e. The first-order valence-corrected chi connectivity index (χ1v) is 7.40. The van der Waals surface area contributed by atoms with Crippen LogP contribution >= 0.6 is 34.5 Å². The Morgan fingerprint density at radius 2 is 2.32 bits per heavy atom. The first-order valence-electron chi connectivity index (χ1n) is 5.60. The van der Waals surface area contributed by atoms with Gasteiger partial charge in [0.15, 0.2) is 0 Å². The van der Waals surface area contributed by atoms with Gasteiger partial charge in [0.05, 0.1) is 29.1 Å². The molecule has 0 atom stereocenters. The van der Waals surface area contributed by atoms with Crippen LogP contribution in [0.25, 0.3) is 0 Å². The Hall–Kier alpha value is -1.04. The fraction of sp³-hybridized carbons (Fsp3) is 0.333. The quantitative estimate of drug-likeness (QED) is 0.812. The fourth-order valence-electron chi connectivity index (χ4n) is 1.72. The molecule has 2 aromatic heterocycles. The number of aromatic nitrogens is 2. The van der Waals surface area contributed by atoms with E-state index in [-0.39, 0.29) is 11.8 Å². The summed E-state index contributed by atoms with van der Waals surface area (Å²) in [5.41, 5.74) is 1.69. The molecule has 0 aromatic carbocycles. The second-order valence-electron chi connectivity index (χ2n) is 4.08. The summed E-state index contributed by atoms with van der Waals surface area (Å²) in [7, 11) is 1.84. The molecule has 0 saturated heterocycles. The van der Waals surface area contributed by atoms with E-state index in [1.165, 1.54) is 11.3 Å². The van der Waals surface area contributed by atoms with Gasteiger partial charge in [-0.05, 0) is 13.0 Å². The van der Waals surface area contributed by atoms with Crippen molar-refractivity contribution >= 4 is 46.1 Å². The number of alkyl halides is 1. The minimum Gasteiger partial charge on any atom is -0.303 e. The smallest absolute Gasteiger partial charge is 0.242 e. The molecular weight excluding hydrogens is 305 g/mol. The van der Waals surface area contributed by atoms with Crippen molar-refractivity contribution in [3.8, 4) is 0 Å². The van der Waals surface area contributed by atoms with E-state index in [1.807, 2.05) is 25.4 Å². The van der Waals surface area contributed by atoms with Gasteiger partial charge in [-0.25, -0.2) is 0 Å². The summed E-state index contributed by atoms with van der Waals surface area (Å²) in [5, 5.41) is 6.68. The lowest BCUT2D eigenvalue weighted by Crippen LogP contribution is -2.31. The molecule has 0 radical (unpaired) electrons. The van der Waals surface area contributed by atoms with E-state index in [1.54, 1.807) is 15.8 Å². The van der Waals surface area contributed by atoms with Crippen molar-refractivity contribution in [2.45, 2.75) is 13.5 Å². The first kappa shape index (κ1) is 14.4. The molecule has 0 N–H and O–H groups in total. The Balaban J connectivity index is 2.31. The van der Waals surface area contributed by atoms with Crippen LogP contribution in [0.5, 0.6) is 0 Å². The van der Waals surface area contributed by atoms with Crippen molar-refractivity contribution < 1.29 is 4.79 Å². The SMILES string of the molecule is Cc1c(N(Cc2cc(Cl)cs2)C(=O)CCl)cnn1C. The predicted octanol–water partition coefficient (Wildman–Crippen LogP) is 3.22. The number of aryl methyl sites for hydroxylation is 1. The first-order chi connectivity index (χ1) is 9.02. The molecule has 19 heavy (non-hydrogen) atoms. The molecule has 4 nitrogen and oxygen atoms in total. The van der Waals surface area contributed by atoms with Gasteiger partial charge in [-0.1, -0.05) is 11.6 Å². The number of hydrogen-bond acceptors (Lipinski definition) is 3. The number of hydrogen-bond donors (Lipinski definition) is 0. The van der Waals surface area contributed by atoms with Gasteiger partial charge in [-0.15, -0.1) is 22.9 Å². The molecule has 0 aliphatic heterocycles. The number of thiophene rings is 1. The lowest BCUT2D eigenvalue weighted by atomic mass is 10.3. The van der Waals surface area contributed by atoms with Gasteiger partial charge in [0.1, 0.15) is 5.88 Å². The zero-order chi connectivity index (χ0) is 14.0. The van der Waals surface area contributed by atoms with Crippen molar-refractivity contribution in [1.82, 2.24) is 9.78 Å². The van der Waals surface area contributed by atoms with Crippen LogP contribution in [0.4, 0.5) is 5.69 Å². The van der Waals surface area contributed by atoms with Gasteiger partial charge in [-0.3, -0.25) is 9.48 Å². The highest BCUT2D eigenvalue weighted by molar-refractivity contribution is 7.10. The normalized spacial score (nSPS) is 10.7. The van der Waals surface area contributed by atoms with Gasteiger partial charge in [0, 0.05) is 17.3 Å². The van der Waals surface area contributed by atoms with Gasteiger partial charge >= 0.3 is 0 Å². The van der Waals surface area contributed by atoms with Crippen molar-refractivity contribution in [1.29, 1.82) is 0 Å². The summed E-state index contributed by atoms with van der Waals surface area (Å²) >= 11 is 13.1. The number of carbonyl (C=O) groups is 1. The fourth-order valence-corrected chi connectivity index (χ4v) is 2.93. The molecular formula is C12H13Cl2N3OS. The number of rotatable bonds is 4. The Labute approximate surface area is 125 Å². The Bertz CT molecular complexity index is 594. The second kappa shape index (κ2) is 5.94. The van der Waals surface area contributed by atoms with Crippen LogP contribution in [0.2, 0.25) is 5.02 Å². The van der Waals surface area contributed by atoms with Crippen molar-refractivity contribution in [3.05, 3.63) is 33.2 Å². The van der Waals surface area contributed by atoms with Gasteiger partial charge in [0.25, 0.3) is 0 Å². The third kappa shape index (κ3) is 3.11. The average Bonchev–Trinajstić information content (AvgIpc) is 2.94. The van der Waals surface area contributed by atoms with Crippen LogP contribution in [0.1, 0.15) is 10.6 Å². The maximum atomic E-state index is 12.0. The van der Waals surface area contributed by atoms with Crippen LogP contribution < -0.4 is 4.90 Å². The minimum absolute atomic E-state index is 0.0621. The highest BCUT2D eigenvalue weighted by Gasteiger charge is 2.20. The zero-order valence-electron chi connectivity index (χ0n) is 10.6. The minimum atomic E-state index is -0.151. The van der Waals surface area contributed by atoms with Crippen LogP contribution in [0.3, 0.4) is 0 Å². The van der Waals surface area contributed by atoms with Gasteiger partial charge in [0.2, 0.25) is 5.91 Å². The molecule has 7 heteroatoms. The third-order valence-corrected chi connectivity index (χ3v) is 4.35. The summed E-state index contributed by atoms with van der Waals surface area (Å²) < 4.78 is 1.73. The predicted molar refractivity (Wildman–Crippen MR) is 79.2 cm³/mol. The van der Waals surface area contributed by atoms with Crippen molar-refractivity contribution in [2.75, 3.05) is 10.8 Å². The standard InChI is InChI=1S/C12H13Cl2N3OS/c1-8-11(5-15-16(8)2)17(12(18)4-13)6-10-3-9(14)7-19-10/h3,5,7H,4,6H2,1-2H3. The molecule has 0 fully saturated rings. The maximum Gasteiger partial charge on any atom is 0.242 e. The van der Waals surface area contributed by atoms with E-state index in [4.69, 9.17) is 23.2 Å². The van der Waals surface area contributed by atoms with E-state index in [2.05, 4.69) is 5.10 Å². The average molecular weight is 318 g/mol. The number of amides is 1. The molecule has 0 bridgehead atoms. The second-order valence-corrected chi connectivity index (χ2v) is 5.78. The highest BCUT2D eigenvalue weighted by atomic mass is 35.5. The summed E-state index contributed by atoms with van der Waals surface area (Å²) in [5.74, 6) is -0.213. The van der Waals surface area contributed by atoms with Crippen LogP contribution in [0, 0.1) is 6.92 Å². The van der Waals surface area contributed by atoms with E-state index >= 15 is 0 Å². The molecule has 0 aliphatic carbocycles. The zero-order valence-corrected chi connectivity index (χ0v) is 12.9. The van der Waals surface area contributed by atoms with E-state index in [9.17, 15) is 4.79 Å². The molecule has 2 heterocycles. The van der Waals surface area contributed by atoms with Crippen molar-refractivity contribution in [3.63, 3.8) is 0 Å². The summed E-state index contributed by atoms with van der Waals surface area (Å²) in [4.78, 5) is 14.7. The monoisotopic (exact) mass is 317 g/mol. The topological polar surface area (TPSA) is 38.1 Å². The molecule has 1 amide bonds. The molecule has 0 unspecified atom stereocenters. The third-order valence-electron chi connectivity index (χ3n) is 2.85. The highest BCUT2D eigenvalue weighted by Crippen LogP contribution is 2.25. The maximum absolute atomic E-state index is 12.0. The number of nitrogens with zero attached hydrogens (tertiary/aromatic N) is 3. The van der Waals surface area contributed by atoms with Crippen LogP contribution in [-0.4, -0.2) is 21.6 Å². The number of carbonyl (C=O) groups excluding carboxylic acids is 1. The molecule has 2 rings (SSSR count). The molecule has 0 aliphatic rings. The van der Waals surface area contributed by atoms with E-state index in [0.717, 1.165) is 16.3 Å². The number of anilines is 1. The Morgan fingerprint density at radius 3 is 2.79 bits per heavy atom. The Morgan fingerprint density at radius 1 is 1.58 bits per heavy atom. The van der Waals surface area contributed by atoms with Gasteiger partial charge < -0.3 is 4.90 Å². The molecule has 0 saturated carbocycles. The lowest BCUT2D eigenvalue weighted by Gasteiger charge is -2.20. The lowest BCUT2D eigenvalue weighted by molar-refractivity contribution is -0.116. The molecule has 0 spiro atoms. The van der Waals surface area contributed by atoms with Gasteiger partial charge in [-0.2, -0.15) is 5.10 Å².